The number of carbonyl (C=O) groups excluding carboxylic acids is 1. The quantitative estimate of drug-likeness (QED) is 0.880. The van der Waals surface area contributed by atoms with Crippen molar-refractivity contribution >= 4 is 17.9 Å². The van der Waals surface area contributed by atoms with Gasteiger partial charge in [0.2, 0.25) is 0 Å². The molecule has 0 radical (unpaired) electrons. The molecule has 0 saturated carbocycles. The Morgan fingerprint density at radius 3 is 2.45 bits per heavy atom. The normalized spacial score (nSPS) is 15.6. The highest BCUT2D eigenvalue weighted by Gasteiger charge is 2.11. The molecule has 2 heterocycles. The summed E-state index contributed by atoms with van der Waals surface area (Å²) in [5, 5.41) is 0. The average molecular weight is 313 g/mol. The van der Waals surface area contributed by atoms with Gasteiger partial charge in [-0.25, -0.2) is 4.31 Å². The number of benzene rings is 1. The Kier molecular flexibility index (Phi) is 4.75. The molecule has 1 amide bonds. The van der Waals surface area contributed by atoms with Gasteiger partial charge in [0.15, 0.2) is 0 Å². The van der Waals surface area contributed by atoms with Crippen LogP contribution in [0.5, 0.6) is 0 Å². The molecule has 1 aromatic carbocycles. The predicted octanol–water partition coefficient (Wildman–Crippen LogP) is 3.34. The summed E-state index contributed by atoms with van der Waals surface area (Å²) in [7, 11) is 0. The van der Waals surface area contributed by atoms with Gasteiger partial charge in [0, 0.05) is 24.2 Å². The molecule has 0 unspecified atom stereocenters. The van der Waals surface area contributed by atoms with Crippen LogP contribution in [0.1, 0.15) is 29.8 Å². The number of aromatic nitrogens is 1. The molecule has 2 N–H and O–H groups in total. The van der Waals surface area contributed by atoms with Gasteiger partial charge >= 0.3 is 0 Å². The fourth-order valence-corrected chi connectivity index (χ4v) is 3.56. The van der Waals surface area contributed by atoms with E-state index in [1.54, 1.807) is 12.3 Å². The third kappa shape index (κ3) is 3.67. The molecule has 0 atom stereocenters. The van der Waals surface area contributed by atoms with E-state index in [1.807, 2.05) is 18.0 Å². The summed E-state index contributed by atoms with van der Waals surface area (Å²) in [4.78, 5) is 16.4. The number of piperidine rings is 1. The van der Waals surface area contributed by atoms with Crippen LogP contribution in [0.2, 0.25) is 0 Å². The monoisotopic (exact) mass is 313 g/mol. The summed E-state index contributed by atoms with van der Waals surface area (Å²) >= 11 is 1.82. The van der Waals surface area contributed by atoms with E-state index in [9.17, 15) is 4.79 Å². The van der Waals surface area contributed by atoms with Gasteiger partial charge in [0.05, 0.1) is 0 Å². The molecule has 114 valence electrons. The summed E-state index contributed by atoms with van der Waals surface area (Å²) in [5.74, 6) is -0.501. The molecule has 4 nitrogen and oxygen atoms in total. The van der Waals surface area contributed by atoms with Crippen molar-refractivity contribution in [2.24, 2.45) is 5.73 Å². The van der Waals surface area contributed by atoms with Crippen molar-refractivity contribution in [1.82, 2.24) is 9.29 Å². The molecule has 2 aromatic rings. The smallest absolute Gasteiger partial charge is 0.267 e. The molecule has 22 heavy (non-hydrogen) atoms. The Morgan fingerprint density at radius 2 is 1.77 bits per heavy atom. The highest BCUT2D eigenvalue weighted by Crippen LogP contribution is 2.28. The maximum atomic E-state index is 11.2. The van der Waals surface area contributed by atoms with Gasteiger partial charge in [0.25, 0.3) is 5.91 Å². The van der Waals surface area contributed by atoms with Gasteiger partial charge in [-0.1, -0.05) is 18.6 Å². The Labute approximate surface area is 134 Å². The third-order valence-corrected chi connectivity index (χ3v) is 4.86. The van der Waals surface area contributed by atoms with Crippen molar-refractivity contribution in [1.29, 1.82) is 0 Å². The first-order valence-corrected chi connectivity index (χ1v) is 8.29. The van der Waals surface area contributed by atoms with Crippen LogP contribution in [-0.4, -0.2) is 28.3 Å². The minimum atomic E-state index is -0.501. The zero-order chi connectivity index (χ0) is 15.4. The molecule has 0 bridgehead atoms. The fraction of sp³-hybridized carbons (Fsp3) is 0.294. The predicted molar refractivity (Wildman–Crippen MR) is 89.5 cm³/mol. The minimum Gasteiger partial charge on any atom is -0.364 e. The second kappa shape index (κ2) is 6.94. The number of nitrogens with zero attached hydrogens (tertiary/aromatic N) is 2. The lowest BCUT2D eigenvalue weighted by Crippen LogP contribution is -2.22. The van der Waals surface area contributed by atoms with Crippen LogP contribution in [0, 0.1) is 0 Å². The van der Waals surface area contributed by atoms with Gasteiger partial charge in [0.1, 0.15) is 5.69 Å². The first kappa shape index (κ1) is 15.1. The summed E-state index contributed by atoms with van der Waals surface area (Å²) in [6.07, 6.45) is 5.54. The molecule has 1 fully saturated rings. The van der Waals surface area contributed by atoms with Crippen molar-refractivity contribution in [2.45, 2.75) is 24.2 Å². The first-order chi connectivity index (χ1) is 10.7. The van der Waals surface area contributed by atoms with Gasteiger partial charge in [-0.2, -0.15) is 0 Å². The molecular formula is C17H19N3OS. The molecule has 1 aromatic heterocycles. The average Bonchev–Trinajstić information content (AvgIpc) is 2.56. The lowest BCUT2D eigenvalue weighted by atomic mass is 10.1. The minimum absolute atomic E-state index is 0.296. The van der Waals surface area contributed by atoms with Crippen molar-refractivity contribution in [2.75, 3.05) is 13.1 Å². The van der Waals surface area contributed by atoms with Crippen LogP contribution >= 0.6 is 11.9 Å². The van der Waals surface area contributed by atoms with Crippen LogP contribution in [0.4, 0.5) is 0 Å². The van der Waals surface area contributed by atoms with Gasteiger partial charge in [-0.3, -0.25) is 9.78 Å². The molecule has 3 rings (SSSR count). The van der Waals surface area contributed by atoms with Crippen molar-refractivity contribution < 1.29 is 4.79 Å². The van der Waals surface area contributed by atoms with Crippen LogP contribution < -0.4 is 5.73 Å². The summed E-state index contributed by atoms with van der Waals surface area (Å²) in [6.45, 7) is 2.33. The van der Waals surface area contributed by atoms with E-state index in [2.05, 4.69) is 33.6 Å². The molecule has 5 heteroatoms. The summed E-state index contributed by atoms with van der Waals surface area (Å²) in [5.41, 5.74) is 7.59. The lowest BCUT2D eigenvalue weighted by Gasteiger charge is -2.25. The number of primary amides is 1. The third-order valence-electron chi connectivity index (χ3n) is 3.75. The highest BCUT2D eigenvalue weighted by molar-refractivity contribution is 7.97. The Hall–Kier alpha value is -1.85. The standard InChI is InChI=1S/C17H19N3OS/c18-17(21)16-12-14(8-9-19-16)13-4-6-15(7-5-13)22-20-10-2-1-3-11-20/h4-9,12H,1-3,10-11H2,(H2,18,21). The number of rotatable bonds is 4. The SMILES string of the molecule is NC(=O)c1cc(-c2ccc(SN3CCCCC3)cc2)ccn1. The van der Waals surface area contributed by atoms with E-state index in [4.69, 9.17) is 5.73 Å². The molecule has 1 aliphatic rings. The second-order valence-corrected chi connectivity index (χ2v) is 6.57. The summed E-state index contributed by atoms with van der Waals surface area (Å²) < 4.78 is 2.43. The second-order valence-electron chi connectivity index (χ2n) is 5.40. The van der Waals surface area contributed by atoms with Crippen molar-refractivity contribution in [3.63, 3.8) is 0 Å². The zero-order valence-electron chi connectivity index (χ0n) is 12.4. The van der Waals surface area contributed by atoms with E-state index in [-0.39, 0.29) is 0 Å². The highest BCUT2D eigenvalue weighted by atomic mass is 32.2. The van der Waals surface area contributed by atoms with Crippen molar-refractivity contribution in [3.8, 4) is 11.1 Å². The van der Waals surface area contributed by atoms with Crippen molar-refractivity contribution in [3.05, 3.63) is 48.3 Å². The maximum absolute atomic E-state index is 11.2. The number of carbonyl (C=O) groups is 1. The Bertz CT molecular complexity index is 651. The largest absolute Gasteiger partial charge is 0.364 e. The lowest BCUT2D eigenvalue weighted by molar-refractivity contribution is 0.0995. The maximum Gasteiger partial charge on any atom is 0.267 e. The van der Waals surface area contributed by atoms with E-state index in [0.717, 1.165) is 11.1 Å². The molecule has 0 spiro atoms. The van der Waals surface area contributed by atoms with Crippen LogP contribution in [0.25, 0.3) is 11.1 Å². The van der Waals surface area contributed by atoms with Gasteiger partial charge in [-0.15, -0.1) is 0 Å². The molecular weight excluding hydrogens is 294 g/mol. The summed E-state index contributed by atoms with van der Waals surface area (Å²) in [6, 6.07) is 12.0. The molecule has 0 aliphatic carbocycles. The topological polar surface area (TPSA) is 59.2 Å². The first-order valence-electron chi connectivity index (χ1n) is 7.51. The number of pyridine rings is 1. The Balaban J connectivity index is 1.73. The molecule has 1 aliphatic heterocycles. The number of nitrogens with two attached hydrogens (primary N) is 1. The molecule has 1 saturated heterocycles. The number of hydrogen-bond donors (Lipinski definition) is 1. The fourth-order valence-electron chi connectivity index (χ4n) is 2.56. The van der Waals surface area contributed by atoms with Gasteiger partial charge < -0.3 is 5.73 Å². The van der Waals surface area contributed by atoms with Gasteiger partial charge in [-0.05, 0) is 60.2 Å². The van der Waals surface area contributed by atoms with E-state index >= 15 is 0 Å². The van der Waals surface area contributed by atoms with E-state index in [0.29, 0.717) is 5.69 Å². The van der Waals surface area contributed by atoms with Crippen LogP contribution in [0.15, 0.2) is 47.5 Å². The van der Waals surface area contributed by atoms with E-state index in [1.165, 1.54) is 37.2 Å². The number of hydrogen-bond acceptors (Lipinski definition) is 4. The van der Waals surface area contributed by atoms with Crippen LogP contribution in [0.3, 0.4) is 0 Å². The van der Waals surface area contributed by atoms with Crippen LogP contribution in [-0.2, 0) is 0 Å². The van der Waals surface area contributed by atoms with E-state index < -0.39 is 5.91 Å². The zero-order valence-corrected chi connectivity index (χ0v) is 13.2. The Morgan fingerprint density at radius 1 is 1.05 bits per heavy atom. The number of amides is 1.